The van der Waals surface area contributed by atoms with Gasteiger partial charge in [-0.3, -0.25) is 4.79 Å². The summed E-state index contributed by atoms with van der Waals surface area (Å²) in [6, 6.07) is 3.50. The number of hydrogen-bond donors (Lipinski definition) is 1. The molecule has 0 unspecified atom stereocenters. The van der Waals surface area contributed by atoms with E-state index in [-0.39, 0.29) is 5.91 Å². The minimum Gasteiger partial charge on any atom is -0.311 e. The number of hydrogen-bond acceptors (Lipinski definition) is 3. The van der Waals surface area contributed by atoms with Crippen molar-refractivity contribution in [2.45, 2.75) is 20.3 Å². The van der Waals surface area contributed by atoms with Crippen molar-refractivity contribution in [1.82, 2.24) is 4.98 Å². The van der Waals surface area contributed by atoms with E-state index < -0.39 is 0 Å². The monoisotopic (exact) mass is 243 g/mol. The molecular weight excluding hydrogens is 230 g/mol. The van der Waals surface area contributed by atoms with Gasteiger partial charge in [0.1, 0.15) is 5.82 Å². The first-order valence-electron chi connectivity index (χ1n) is 5.38. The lowest BCUT2D eigenvalue weighted by Crippen LogP contribution is -2.08. The smallest absolute Gasteiger partial charge is 0.222 e. The van der Waals surface area contributed by atoms with Gasteiger partial charge in [-0.15, -0.1) is 0 Å². The number of rotatable bonds is 3. The van der Waals surface area contributed by atoms with Crippen LogP contribution in [0.1, 0.15) is 24.6 Å². The van der Waals surface area contributed by atoms with Gasteiger partial charge in [0.15, 0.2) is 0 Å². The molecule has 1 heterocycles. The largest absolute Gasteiger partial charge is 0.311 e. The Labute approximate surface area is 105 Å². The number of nitrogens with zero attached hydrogens (tertiary/aromatic N) is 4. The number of carbonyl (C=O) groups is 1. The molecule has 0 fully saturated rings. The number of aromatic nitrogens is 1. The highest BCUT2D eigenvalue weighted by atomic mass is 16.1. The van der Waals surface area contributed by atoms with Crippen LogP contribution in [0.5, 0.6) is 0 Å². The van der Waals surface area contributed by atoms with Crippen LogP contribution < -0.4 is 5.32 Å². The summed E-state index contributed by atoms with van der Waals surface area (Å²) < 4.78 is 0. The maximum absolute atomic E-state index is 10.9. The van der Waals surface area contributed by atoms with E-state index >= 15 is 0 Å². The molecule has 0 aliphatic rings. The molecule has 1 rings (SSSR count). The predicted octanol–water partition coefficient (Wildman–Crippen LogP) is 2.40. The number of aryl methyl sites for hydroxylation is 1. The van der Waals surface area contributed by atoms with Gasteiger partial charge in [-0.2, -0.15) is 0 Å². The second kappa shape index (κ2) is 6.94. The summed E-state index contributed by atoms with van der Waals surface area (Å²) in [6.45, 7) is 3.61. The molecule has 6 nitrogen and oxygen atoms in total. The Balaban J connectivity index is 2.73. The molecule has 92 valence electrons. The van der Waals surface area contributed by atoms with E-state index in [1.54, 1.807) is 12.1 Å². The fraction of sp³-hybridized carbons (Fsp3) is 0.333. The van der Waals surface area contributed by atoms with Gasteiger partial charge < -0.3 is 5.32 Å². The van der Waals surface area contributed by atoms with E-state index in [0.29, 0.717) is 18.8 Å². The first-order chi connectivity index (χ1) is 8.63. The van der Waals surface area contributed by atoms with Crippen LogP contribution in [0.15, 0.2) is 17.2 Å². The molecule has 0 saturated heterocycles. The molecule has 0 saturated carbocycles. The molecule has 1 aromatic rings. The van der Waals surface area contributed by atoms with E-state index in [0.717, 1.165) is 11.3 Å². The van der Waals surface area contributed by atoms with Gasteiger partial charge in [0.2, 0.25) is 5.91 Å². The van der Waals surface area contributed by atoms with Crippen molar-refractivity contribution < 1.29 is 4.79 Å². The zero-order valence-electron chi connectivity index (χ0n) is 10.3. The lowest BCUT2D eigenvalue weighted by molar-refractivity contribution is -0.114. The summed E-state index contributed by atoms with van der Waals surface area (Å²) in [5, 5.41) is 5.99. The molecule has 0 aliphatic carbocycles. The van der Waals surface area contributed by atoms with Crippen molar-refractivity contribution >= 4 is 11.7 Å². The maximum atomic E-state index is 10.9. The Bertz CT molecular complexity index is 549. The van der Waals surface area contributed by atoms with Crippen molar-refractivity contribution in [1.29, 1.82) is 0 Å². The summed E-state index contributed by atoms with van der Waals surface area (Å²) in [6.07, 6.45) is 0.511. The Hall–Kier alpha value is -2.51. The molecule has 1 N–H and O–H groups in total. The number of nitrogens with one attached hydrogen (secondary N) is 1. The normalized spacial score (nSPS) is 8.78. The van der Waals surface area contributed by atoms with Crippen LogP contribution in [-0.4, -0.2) is 17.4 Å². The number of azide groups is 1. The first kappa shape index (κ1) is 13.6. The minimum atomic E-state index is -0.157. The molecular formula is C12H13N5O. The van der Waals surface area contributed by atoms with E-state index in [9.17, 15) is 4.79 Å². The van der Waals surface area contributed by atoms with Crippen molar-refractivity contribution in [2.75, 3.05) is 11.9 Å². The highest BCUT2D eigenvalue weighted by Gasteiger charge is 2.00. The van der Waals surface area contributed by atoms with Crippen LogP contribution in [0.25, 0.3) is 10.4 Å². The van der Waals surface area contributed by atoms with E-state index in [4.69, 9.17) is 5.53 Å². The lowest BCUT2D eigenvalue weighted by atomic mass is 10.2. The zero-order valence-corrected chi connectivity index (χ0v) is 10.3. The van der Waals surface area contributed by atoms with Crippen molar-refractivity contribution in [2.24, 2.45) is 5.11 Å². The van der Waals surface area contributed by atoms with Gasteiger partial charge in [0, 0.05) is 30.4 Å². The summed E-state index contributed by atoms with van der Waals surface area (Å²) in [4.78, 5) is 17.7. The van der Waals surface area contributed by atoms with Crippen LogP contribution in [0, 0.1) is 18.8 Å². The second-order valence-electron chi connectivity index (χ2n) is 3.52. The van der Waals surface area contributed by atoms with E-state index in [1.807, 2.05) is 6.92 Å². The van der Waals surface area contributed by atoms with Crippen LogP contribution in [0.3, 0.4) is 0 Å². The van der Waals surface area contributed by atoms with Gasteiger partial charge in [-0.25, -0.2) is 4.98 Å². The average Bonchev–Trinajstić information content (AvgIpc) is 2.30. The number of anilines is 1. The van der Waals surface area contributed by atoms with Crippen molar-refractivity contribution in [3.05, 3.63) is 33.8 Å². The Morgan fingerprint density at radius 2 is 2.39 bits per heavy atom. The number of amides is 1. The molecule has 0 aromatic carbocycles. The van der Waals surface area contributed by atoms with Crippen LogP contribution >= 0.6 is 0 Å². The van der Waals surface area contributed by atoms with Gasteiger partial charge in [0.05, 0.1) is 5.69 Å². The maximum Gasteiger partial charge on any atom is 0.222 e. The van der Waals surface area contributed by atoms with Crippen molar-refractivity contribution in [3.63, 3.8) is 0 Å². The first-order valence-corrected chi connectivity index (χ1v) is 5.38. The average molecular weight is 243 g/mol. The summed E-state index contributed by atoms with van der Waals surface area (Å²) in [5.41, 5.74) is 9.64. The van der Waals surface area contributed by atoms with Crippen LogP contribution in [0.2, 0.25) is 0 Å². The fourth-order valence-electron chi connectivity index (χ4n) is 1.25. The molecule has 0 radical (unpaired) electrons. The molecule has 0 atom stereocenters. The fourth-order valence-corrected chi connectivity index (χ4v) is 1.25. The van der Waals surface area contributed by atoms with Gasteiger partial charge >= 0.3 is 0 Å². The topological polar surface area (TPSA) is 90.8 Å². The highest BCUT2D eigenvalue weighted by molar-refractivity contribution is 5.87. The summed E-state index contributed by atoms with van der Waals surface area (Å²) >= 11 is 0. The molecule has 0 aliphatic heterocycles. The zero-order chi connectivity index (χ0) is 13.4. The van der Waals surface area contributed by atoms with E-state index in [1.165, 1.54) is 6.92 Å². The van der Waals surface area contributed by atoms with Crippen LogP contribution in [-0.2, 0) is 4.79 Å². The molecule has 6 heteroatoms. The Morgan fingerprint density at radius 1 is 1.61 bits per heavy atom. The van der Waals surface area contributed by atoms with Gasteiger partial charge in [0.25, 0.3) is 0 Å². The standard InChI is InChI=1S/C12H13N5O/c1-9-11(5-3-4-8-14-17-13)6-7-12(15-9)16-10(2)18/h6-7H,4,8H2,1-2H3,(H,15,16,18). The number of pyridine rings is 1. The second-order valence-corrected chi connectivity index (χ2v) is 3.52. The predicted molar refractivity (Wildman–Crippen MR) is 68.8 cm³/mol. The third kappa shape index (κ3) is 4.56. The SMILES string of the molecule is CC(=O)Nc1ccc(C#CCCN=[N+]=[N-])c(C)n1. The molecule has 1 aromatic heterocycles. The third-order valence-electron chi connectivity index (χ3n) is 2.01. The summed E-state index contributed by atoms with van der Waals surface area (Å²) in [7, 11) is 0. The number of carbonyl (C=O) groups excluding carboxylic acids is 1. The van der Waals surface area contributed by atoms with Crippen LogP contribution in [0.4, 0.5) is 5.82 Å². The quantitative estimate of drug-likeness (QED) is 0.290. The summed E-state index contributed by atoms with van der Waals surface area (Å²) in [5.74, 6) is 6.20. The minimum absolute atomic E-state index is 0.157. The molecule has 18 heavy (non-hydrogen) atoms. The lowest BCUT2D eigenvalue weighted by Gasteiger charge is -2.03. The Kier molecular flexibility index (Phi) is 5.23. The highest BCUT2D eigenvalue weighted by Crippen LogP contribution is 2.09. The third-order valence-corrected chi connectivity index (χ3v) is 2.01. The van der Waals surface area contributed by atoms with Gasteiger partial charge in [-0.1, -0.05) is 17.0 Å². The molecule has 0 spiro atoms. The molecule has 0 bridgehead atoms. The Morgan fingerprint density at radius 3 is 3.00 bits per heavy atom. The van der Waals surface area contributed by atoms with E-state index in [2.05, 4.69) is 32.2 Å². The van der Waals surface area contributed by atoms with Crippen molar-refractivity contribution in [3.8, 4) is 11.8 Å². The molecule has 1 amide bonds. The van der Waals surface area contributed by atoms with Gasteiger partial charge in [-0.05, 0) is 24.6 Å².